The Balaban J connectivity index is 1.98. The number of amides is 1. The number of carbonyl (C=O) groups excluding carboxylic acids is 1. The minimum absolute atomic E-state index is 0.182. The monoisotopic (exact) mass is 263 g/mol. The standard InChI is InChI=1S/C14H21N3O2/c1-9-3-2-4-10(7-9)8-19-14-11(15)5-6-12(17-14)13(16)18/h5-6,9-10H,2-4,7-8,15H2,1H3,(H2,16,18). The molecule has 19 heavy (non-hydrogen) atoms. The van der Waals surface area contributed by atoms with Crippen LogP contribution in [-0.2, 0) is 0 Å². The fourth-order valence-electron chi connectivity index (χ4n) is 2.61. The molecule has 1 aromatic heterocycles. The molecule has 0 radical (unpaired) electrons. The Kier molecular flexibility index (Phi) is 4.24. The molecule has 1 fully saturated rings. The normalized spacial score (nSPS) is 23.0. The van der Waals surface area contributed by atoms with Crippen LogP contribution in [0.15, 0.2) is 12.1 Å². The minimum Gasteiger partial charge on any atom is -0.476 e. The maximum absolute atomic E-state index is 11.1. The molecule has 0 aromatic carbocycles. The van der Waals surface area contributed by atoms with Gasteiger partial charge in [-0.2, -0.15) is 0 Å². The summed E-state index contributed by atoms with van der Waals surface area (Å²) in [6.45, 7) is 2.87. The number of nitrogens with zero attached hydrogens (tertiary/aromatic N) is 1. The van der Waals surface area contributed by atoms with Gasteiger partial charge in [-0.3, -0.25) is 4.79 Å². The molecule has 1 amide bonds. The van der Waals surface area contributed by atoms with Gasteiger partial charge in [-0.15, -0.1) is 0 Å². The molecular weight excluding hydrogens is 242 g/mol. The predicted molar refractivity (Wildman–Crippen MR) is 73.8 cm³/mol. The molecule has 0 spiro atoms. The number of primary amides is 1. The highest BCUT2D eigenvalue weighted by molar-refractivity contribution is 5.91. The van der Waals surface area contributed by atoms with E-state index in [0.29, 0.717) is 24.1 Å². The Morgan fingerprint density at radius 1 is 1.47 bits per heavy atom. The second kappa shape index (κ2) is 5.91. The second-order valence-corrected chi connectivity index (χ2v) is 5.40. The van der Waals surface area contributed by atoms with Gasteiger partial charge in [0.25, 0.3) is 5.91 Å². The summed E-state index contributed by atoms with van der Waals surface area (Å²) in [6, 6.07) is 3.11. The van der Waals surface area contributed by atoms with Crippen LogP contribution in [0, 0.1) is 11.8 Å². The van der Waals surface area contributed by atoms with Crippen LogP contribution in [0.1, 0.15) is 43.1 Å². The van der Waals surface area contributed by atoms with Crippen molar-refractivity contribution in [3.63, 3.8) is 0 Å². The number of rotatable bonds is 4. The van der Waals surface area contributed by atoms with Crippen molar-refractivity contribution < 1.29 is 9.53 Å². The lowest BCUT2D eigenvalue weighted by Crippen LogP contribution is -2.21. The molecule has 0 saturated heterocycles. The van der Waals surface area contributed by atoms with Crippen LogP contribution in [0.2, 0.25) is 0 Å². The summed E-state index contributed by atoms with van der Waals surface area (Å²) in [6.07, 6.45) is 4.91. The van der Waals surface area contributed by atoms with Crippen LogP contribution < -0.4 is 16.2 Å². The zero-order valence-corrected chi connectivity index (χ0v) is 11.3. The molecule has 1 aromatic rings. The number of nitrogen functional groups attached to an aromatic ring is 1. The van der Waals surface area contributed by atoms with Crippen LogP contribution >= 0.6 is 0 Å². The molecule has 104 valence electrons. The van der Waals surface area contributed by atoms with Crippen LogP contribution in [0.25, 0.3) is 0 Å². The third-order valence-corrected chi connectivity index (χ3v) is 3.64. The molecule has 1 heterocycles. The average molecular weight is 263 g/mol. The lowest BCUT2D eigenvalue weighted by molar-refractivity contribution is 0.0994. The Hall–Kier alpha value is -1.78. The van der Waals surface area contributed by atoms with E-state index in [0.717, 1.165) is 5.92 Å². The first kappa shape index (κ1) is 13.6. The molecular formula is C14H21N3O2. The summed E-state index contributed by atoms with van der Waals surface area (Å²) >= 11 is 0. The zero-order valence-electron chi connectivity index (χ0n) is 11.3. The maximum atomic E-state index is 11.1. The third-order valence-electron chi connectivity index (χ3n) is 3.64. The summed E-state index contributed by atoms with van der Waals surface area (Å²) in [5.41, 5.74) is 11.6. The Morgan fingerprint density at radius 2 is 2.26 bits per heavy atom. The average Bonchev–Trinajstić information content (AvgIpc) is 2.37. The van der Waals surface area contributed by atoms with Gasteiger partial charge in [-0.05, 0) is 36.8 Å². The number of ether oxygens (including phenoxy) is 1. The van der Waals surface area contributed by atoms with Crippen molar-refractivity contribution in [3.8, 4) is 5.88 Å². The van der Waals surface area contributed by atoms with E-state index in [1.54, 1.807) is 6.07 Å². The van der Waals surface area contributed by atoms with Crippen molar-refractivity contribution in [2.75, 3.05) is 12.3 Å². The Morgan fingerprint density at radius 3 is 2.95 bits per heavy atom. The third kappa shape index (κ3) is 3.59. The Labute approximate surface area is 113 Å². The number of pyridine rings is 1. The summed E-state index contributed by atoms with van der Waals surface area (Å²) in [5.74, 6) is 1.04. The number of carbonyl (C=O) groups is 1. The first-order valence-electron chi connectivity index (χ1n) is 6.75. The summed E-state index contributed by atoms with van der Waals surface area (Å²) in [5, 5.41) is 0. The second-order valence-electron chi connectivity index (χ2n) is 5.40. The molecule has 4 N–H and O–H groups in total. The van der Waals surface area contributed by atoms with Gasteiger partial charge < -0.3 is 16.2 Å². The van der Waals surface area contributed by atoms with Crippen molar-refractivity contribution in [1.29, 1.82) is 0 Å². The van der Waals surface area contributed by atoms with E-state index >= 15 is 0 Å². The fraction of sp³-hybridized carbons (Fsp3) is 0.571. The molecule has 2 unspecified atom stereocenters. The first-order valence-corrected chi connectivity index (χ1v) is 6.75. The van der Waals surface area contributed by atoms with Gasteiger partial charge in [0.1, 0.15) is 5.69 Å². The summed E-state index contributed by atoms with van der Waals surface area (Å²) < 4.78 is 5.67. The van der Waals surface area contributed by atoms with E-state index < -0.39 is 5.91 Å². The fourth-order valence-corrected chi connectivity index (χ4v) is 2.61. The van der Waals surface area contributed by atoms with E-state index in [4.69, 9.17) is 16.2 Å². The van der Waals surface area contributed by atoms with Gasteiger partial charge in [0.2, 0.25) is 5.88 Å². The first-order chi connectivity index (χ1) is 9.06. The summed E-state index contributed by atoms with van der Waals surface area (Å²) in [4.78, 5) is 15.1. The lowest BCUT2D eigenvalue weighted by Gasteiger charge is -2.26. The zero-order chi connectivity index (χ0) is 13.8. The highest BCUT2D eigenvalue weighted by Crippen LogP contribution is 2.29. The molecule has 2 rings (SSSR count). The molecule has 0 bridgehead atoms. The van der Waals surface area contributed by atoms with Gasteiger partial charge >= 0.3 is 0 Å². The maximum Gasteiger partial charge on any atom is 0.267 e. The van der Waals surface area contributed by atoms with E-state index in [2.05, 4.69) is 11.9 Å². The van der Waals surface area contributed by atoms with Gasteiger partial charge in [0.05, 0.1) is 12.3 Å². The van der Waals surface area contributed by atoms with Crippen molar-refractivity contribution in [1.82, 2.24) is 4.98 Å². The van der Waals surface area contributed by atoms with Crippen LogP contribution in [-0.4, -0.2) is 17.5 Å². The van der Waals surface area contributed by atoms with Gasteiger partial charge in [0, 0.05) is 0 Å². The number of aromatic nitrogens is 1. The molecule has 0 aliphatic heterocycles. The van der Waals surface area contributed by atoms with Crippen LogP contribution in [0.3, 0.4) is 0 Å². The molecule has 5 nitrogen and oxygen atoms in total. The van der Waals surface area contributed by atoms with Crippen molar-refractivity contribution in [2.45, 2.75) is 32.6 Å². The molecule has 1 aliphatic carbocycles. The SMILES string of the molecule is CC1CCCC(COc2nc(C(N)=O)ccc2N)C1. The highest BCUT2D eigenvalue weighted by atomic mass is 16.5. The van der Waals surface area contributed by atoms with Crippen molar-refractivity contribution >= 4 is 11.6 Å². The number of hydrogen-bond acceptors (Lipinski definition) is 4. The minimum atomic E-state index is -0.573. The predicted octanol–water partition coefficient (Wildman–Crippen LogP) is 1.97. The molecule has 2 atom stereocenters. The van der Waals surface area contributed by atoms with Gasteiger partial charge in [0.15, 0.2) is 0 Å². The molecule has 5 heteroatoms. The largest absolute Gasteiger partial charge is 0.476 e. The van der Waals surface area contributed by atoms with E-state index in [1.165, 1.54) is 31.7 Å². The van der Waals surface area contributed by atoms with E-state index in [-0.39, 0.29) is 5.69 Å². The number of anilines is 1. The Bertz CT molecular complexity index is 462. The van der Waals surface area contributed by atoms with E-state index in [1.807, 2.05) is 0 Å². The van der Waals surface area contributed by atoms with Crippen LogP contribution in [0.5, 0.6) is 5.88 Å². The van der Waals surface area contributed by atoms with Gasteiger partial charge in [-0.1, -0.05) is 19.8 Å². The lowest BCUT2D eigenvalue weighted by atomic mass is 9.83. The topological polar surface area (TPSA) is 91.2 Å². The van der Waals surface area contributed by atoms with Crippen LogP contribution in [0.4, 0.5) is 5.69 Å². The highest BCUT2D eigenvalue weighted by Gasteiger charge is 2.20. The quantitative estimate of drug-likeness (QED) is 0.868. The molecule has 1 saturated carbocycles. The van der Waals surface area contributed by atoms with E-state index in [9.17, 15) is 4.79 Å². The van der Waals surface area contributed by atoms with Gasteiger partial charge in [-0.25, -0.2) is 4.98 Å². The number of hydrogen-bond donors (Lipinski definition) is 2. The smallest absolute Gasteiger partial charge is 0.267 e. The molecule has 1 aliphatic rings. The van der Waals surface area contributed by atoms with Crippen molar-refractivity contribution in [2.24, 2.45) is 17.6 Å². The summed E-state index contributed by atoms with van der Waals surface area (Å²) in [7, 11) is 0. The number of nitrogens with two attached hydrogens (primary N) is 2. The van der Waals surface area contributed by atoms with Crippen molar-refractivity contribution in [3.05, 3.63) is 17.8 Å².